The quantitative estimate of drug-likeness (QED) is 0.620. The van der Waals surface area contributed by atoms with E-state index in [2.05, 4.69) is 20.7 Å². The van der Waals surface area contributed by atoms with Gasteiger partial charge in [0.1, 0.15) is 0 Å². The Morgan fingerprint density at radius 2 is 2.30 bits per heavy atom. The number of hydrogen-bond donors (Lipinski definition) is 2. The molecule has 0 aliphatic carbocycles. The molecule has 0 radical (unpaired) electrons. The average Bonchev–Trinajstić information content (AvgIpc) is 3.13. The van der Waals surface area contributed by atoms with Crippen LogP contribution in [-0.4, -0.2) is 52.2 Å². The first kappa shape index (κ1) is 17.3. The van der Waals surface area contributed by atoms with Crippen molar-refractivity contribution in [2.45, 2.75) is 39.8 Å². The van der Waals surface area contributed by atoms with Crippen LogP contribution < -0.4 is 10.6 Å². The van der Waals surface area contributed by atoms with Crippen LogP contribution in [0.1, 0.15) is 32.8 Å². The van der Waals surface area contributed by atoms with Gasteiger partial charge in [0.2, 0.25) is 5.91 Å². The molecule has 0 bridgehead atoms. The van der Waals surface area contributed by atoms with Crippen LogP contribution in [0.15, 0.2) is 17.4 Å². The van der Waals surface area contributed by atoms with Gasteiger partial charge in [-0.2, -0.15) is 5.10 Å². The van der Waals surface area contributed by atoms with Gasteiger partial charge in [0, 0.05) is 50.4 Å². The molecule has 0 saturated carbocycles. The molecule has 1 aromatic rings. The average molecular weight is 320 g/mol. The molecule has 2 N–H and O–H groups in total. The Hall–Kier alpha value is -2.05. The molecule has 0 aromatic carbocycles. The Morgan fingerprint density at radius 1 is 1.52 bits per heavy atom. The van der Waals surface area contributed by atoms with E-state index in [0.717, 1.165) is 37.6 Å². The molecule has 1 aliphatic heterocycles. The van der Waals surface area contributed by atoms with Crippen LogP contribution in [0.3, 0.4) is 0 Å². The zero-order valence-corrected chi connectivity index (χ0v) is 14.5. The van der Waals surface area contributed by atoms with Crippen LogP contribution in [0.5, 0.6) is 0 Å². The number of guanidine groups is 1. The van der Waals surface area contributed by atoms with Crippen molar-refractivity contribution in [3.8, 4) is 0 Å². The predicted molar refractivity (Wildman–Crippen MR) is 91.0 cm³/mol. The molecule has 1 saturated heterocycles. The van der Waals surface area contributed by atoms with E-state index in [9.17, 15) is 4.79 Å². The number of likely N-dealkylation sites (tertiary alicyclic amines) is 1. The van der Waals surface area contributed by atoms with Crippen LogP contribution in [0.4, 0.5) is 0 Å². The van der Waals surface area contributed by atoms with Gasteiger partial charge < -0.3 is 15.5 Å². The van der Waals surface area contributed by atoms with Crippen molar-refractivity contribution in [3.63, 3.8) is 0 Å². The highest BCUT2D eigenvalue weighted by Crippen LogP contribution is 2.12. The maximum Gasteiger partial charge on any atom is 0.225 e. The summed E-state index contributed by atoms with van der Waals surface area (Å²) in [5, 5.41) is 10.8. The summed E-state index contributed by atoms with van der Waals surface area (Å²) in [5.74, 6) is 1.08. The van der Waals surface area contributed by atoms with E-state index in [-0.39, 0.29) is 17.9 Å². The molecule has 1 atom stereocenters. The number of carbonyl (C=O) groups excluding carboxylic acids is 1. The fourth-order valence-electron chi connectivity index (χ4n) is 2.68. The van der Waals surface area contributed by atoms with Crippen LogP contribution in [0, 0.1) is 5.92 Å². The number of aromatic nitrogens is 2. The van der Waals surface area contributed by atoms with E-state index >= 15 is 0 Å². The topological polar surface area (TPSA) is 74.6 Å². The first-order valence-corrected chi connectivity index (χ1v) is 8.30. The van der Waals surface area contributed by atoms with Gasteiger partial charge in [-0.3, -0.25) is 9.48 Å². The molecule has 2 rings (SSSR count). The fourth-order valence-corrected chi connectivity index (χ4v) is 2.68. The van der Waals surface area contributed by atoms with Crippen molar-refractivity contribution in [1.82, 2.24) is 25.3 Å². The minimum Gasteiger partial charge on any atom is -0.357 e. The van der Waals surface area contributed by atoms with Crippen molar-refractivity contribution in [2.75, 3.05) is 19.6 Å². The molecule has 7 nitrogen and oxygen atoms in total. The maximum atomic E-state index is 12.1. The lowest BCUT2D eigenvalue weighted by atomic mass is 10.2. The molecule has 1 aromatic heterocycles. The minimum atomic E-state index is 0.0567. The van der Waals surface area contributed by atoms with E-state index < -0.39 is 0 Å². The first-order chi connectivity index (χ1) is 11.0. The molecule has 7 heteroatoms. The molecule has 128 valence electrons. The van der Waals surface area contributed by atoms with E-state index in [4.69, 9.17) is 0 Å². The molecule has 1 unspecified atom stereocenters. The normalized spacial score (nSPS) is 18.6. The van der Waals surface area contributed by atoms with Gasteiger partial charge in [-0.05, 0) is 13.3 Å². The van der Waals surface area contributed by atoms with Crippen LogP contribution >= 0.6 is 0 Å². The molecular weight excluding hydrogens is 292 g/mol. The summed E-state index contributed by atoms with van der Waals surface area (Å²) in [7, 11) is 1.90. The second-order valence-corrected chi connectivity index (χ2v) is 6.29. The van der Waals surface area contributed by atoms with Crippen molar-refractivity contribution in [1.29, 1.82) is 0 Å². The SMILES string of the molecule is CCNC(=NCc1cnn(C)c1)NC1CCN(C(=O)C(C)C)C1. The zero-order chi connectivity index (χ0) is 16.8. The maximum absolute atomic E-state index is 12.1. The third-order valence-electron chi connectivity index (χ3n) is 3.86. The number of nitrogens with zero attached hydrogens (tertiary/aromatic N) is 4. The number of rotatable bonds is 5. The predicted octanol–water partition coefficient (Wildman–Crippen LogP) is 0.732. The molecule has 23 heavy (non-hydrogen) atoms. The van der Waals surface area contributed by atoms with Gasteiger partial charge >= 0.3 is 0 Å². The molecule has 1 aliphatic rings. The number of nitrogens with one attached hydrogen (secondary N) is 2. The number of aryl methyl sites for hydroxylation is 1. The molecule has 1 amide bonds. The van der Waals surface area contributed by atoms with Crippen molar-refractivity contribution in [3.05, 3.63) is 18.0 Å². The number of aliphatic imine (C=N–C) groups is 1. The second kappa shape index (κ2) is 7.99. The summed E-state index contributed by atoms with van der Waals surface area (Å²) < 4.78 is 1.78. The number of carbonyl (C=O) groups is 1. The smallest absolute Gasteiger partial charge is 0.225 e. The van der Waals surface area contributed by atoms with Gasteiger partial charge in [-0.15, -0.1) is 0 Å². The summed E-state index contributed by atoms with van der Waals surface area (Å²) in [4.78, 5) is 18.6. The van der Waals surface area contributed by atoms with Crippen molar-refractivity contribution >= 4 is 11.9 Å². The molecule has 1 fully saturated rings. The van der Waals surface area contributed by atoms with E-state index in [1.54, 1.807) is 4.68 Å². The summed E-state index contributed by atoms with van der Waals surface area (Å²) in [6, 6.07) is 0.254. The lowest BCUT2D eigenvalue weighted by molar-refractivity contribution is -0.133. The first-order valence-electron chi connectivity index (χ1n) is 8.30. The molecule has 2 heterocycles. The molecule has 0 spiro atoms. The highest BCUT2D eigenvalue weighted by molar-refractivity contribution is 5.81. The lowest BCUT2D eigenvalue weighted by Gasteiger charge is -2.20. The Bertz CT molecular complexity index is 551. The van der Waals surface area contributed by atoms with Gasteiger partial charge in [0.15, 0.2) is 5.96 Å². The van der Waals surface area contributed by atoms with Gasteiger partial charge in [-0.25, -0.2) is 4.99 Å². The number of amides is 1. The van der Waals surface area contributed by atoms with Crippen molar-refractivity contribution < 1.29 is 4.79 Å². The van der Waals surface area contributed by atoms with Crippen LogP contribution in [0.2, 0.25) is 0 Å². The minimum absolute atomic E-state index is 0.0567. The zero-order valence-electron chi connectivity index (χ0n) is 14.5. The van der Waals surface area contributed by atoms with Crippen LogP contribution in [-0.2, 0) is 18.4 Å². The van der Waals surface area contributed by atoms with Crippen molar-refractivity contribution in [2.24, 2.45) is 18.0 Å². The third-order valence-corrected chi connectivity index (χ3v) is 3.86. The monoisotopic (exact) mass is 320 g/mol. The highest BCUT2D eigenvalue weighted by Gasteiger charge is 2.27. The third kappa shape index (κ3) is 4.97. The van der Waals surface area contributed by atoms with Gasteiger partial charge in [0.25, 0.3) is 0 Å². The summed E-state index contributed by atoms with van der Waals surface area (Å²) in [5.41, 5.74) is 1.08. The van der Waals surface area contributed by atoms with Gasteiger partial charge in [0.05, 0.1) is 12.7 Å². The van der Waals surface area contributed by atoms with E-state index in [1.165, 1.54) is 0 Å². The second-order valence-electron chi connectivity index (χ2n) is 6.29. The standard InChI is InChI=1S/C16H28N6O/c1-5-17-16(18-8-13-9-19-21(4)10-13)20-14-6-7-22(11-14)15(23)12(2)3/h9-10,12,14H,5-8,11H2,1-4H3,(H2,17,18,20). The lowest BCUT2D eigenvalue weighted by Crippen LogP contribution is -2.45. The Balaban J connectivity index is 1.90. The Morgan fingerprint density at radius 3 is 2.91 bits per heavy atom. The highest BCUT2D eigenvalue weighted by atomic mass is 16.2. The summed E-state index contributed by atoms with van der Waals surface area (Å²) >= 11 is 0. The summed E-state index contributed by atoms with van der Waals surface area (Å²) in [6.07, 6.45) is 4.74. The van der Waals surface area contributed by atoms with Crippen LogP contribution in [0.25, 0.3) is 0 Å². The van der Waals surface area contributed by atoms with Gasteiger partial charge in [-0.1, -0.05) is 13.8 Å². The Kier molecular flexibility index (Phi) is 6.01. The van der Waals surface area contributed by atoms with E-state index in [0.29, 0.717) is 6.54 Å². The number of hydrogen-bond acceptors (Lipinski definition) is 3. The fraction of sp³-hybridized carbons (Fsp3) is 0.688. The molecular formula is C16H28N6O. The van der Waals surface area contributed by atoms with E-state index in [1.807, 2.05) is 45.1 Å². The Labute approximate surface area is 138 Å². The summed E-state index contributed by atoms with van der Waals surface area (Å²) in [6.45, 7) is 8.89. The largest absolute Gasteiger partial charge is 0.357 e.